The fourth-order valence-corrected chi connectivity index (χ4v) is 4.55. The summed E-state index contributed by atoms with van der Waals surface area (Å²) in [5.41, 5.74) is 5.56. The Hall–Kier alpha value is -4.04. The zero-order valence-corrected chi connectivity index (χ0v) is 20.0. The first-order valence-electron chi connectivity index (χ1n) is 11.4. The molecule has 1 N–H and O–H groups in total. The molecule has 0 aliphatic rings. The highest BCUT2D eigenvalue weighted by Gasteiger charge is 2.18. The van der Waals surface area contributed by atoms with Gasteiger partial charge in [-0.05, 0) is 40.0 Å². The van der Waals surface area contributed by atoms with Crippen LogP contribution in [0.1, 0.15) is 30.2 Å². The van der Waals surface area contributed by atoms with Crippen LogP contribution in [0, 0.1) is 0 Å². The lowest BCUT2D eigenvalue weighted by Crippen LogP contribution is -2.26. The Labute approximate surface area is 207 Å². The maximum Gasteiger partial charge on any atom is 0.330 e. The average Bonchev–Trinajstić information content (AvgIpc) is 3.51. The first kappa shape index (κ1) is 22.7. The van der Waals surface area contributed by atoms with Crippen LogP contribution in [0.3, 0.4) is 0 Å². The largest absolute Gasteiger partial charge is 0.330 e. The number of pyridine rings is 1. The third kappa shape index (κ3) is 4.65. The summed E-state index contributed by atoms with van der Waals surface area (Å²) in [5, 5.41) is 14.8. The lowest BCUT2D eigenvalue weighted by molar-refractivity contribution is 0.664. The van der Waals surface area contributed by atoms with E-state index in [1.807, 2.05) is 60.7 Å². The quantitative estimate of drug-likeness (QED) is 0.347. The van der Waals surface area contributed by atoms with Crippen LogP contribution in [-0.4, -0.2) is 34.7 Å². The molecule has 8 nitrogen and oxygen atoms in total. The molecule has 0 amide bonds. The van der Waals surface area contributed by atoms with E-state index in [1.165, 1.54) is 0 Å². The second-order valence-electron chi connectivity index (χ2n) is 8.28. The van der Waals surface area contributed by atoms with Gasteiger partial charge in [-0.1, -0.05) is 79.5 Å². The summed E-state index contributed by atoms with van der Waals surface area (Å²) in [6.07, 6.45) is 5.09. The van der Waals surface area contributed by atoms with Gasteiger partial charge in [-0.15, -0.1) is 10.2 Å². The molecule has 9 heteroatoms. The second-order valence-corrected chi connectivity index (χ2v) is 8.64. The molecular formula is C26H24ClN7O. The Morgan fingerprint density at radius 1 is 0.914 bits per heavy atom. The van der Waals surface area contributed by atoms with Crippen molar-refractivity contribution < 1.29 is 0 Å². The van der Waals surface area contributed by atoms with E-state index in [-0.39, 0.29) is 5.69 Å². The van der Waals surface area contributed by atoms with Crippen LogP contribution in [0.25, 0.3) is 22.5 Å². The predicted octanol–water partition coefficient (Wildman–Crippen LogP) is 4.59. The van der Waals surface area contributed by atoms with Gasteiger partial charge in [0.25, 0.3) is 0 Å². The second kappa shape index (κ2) is 10.1. The third-order valence-corrected chi connectivity index (χ3v) is 6.37. The molecule has 3 aromatic heterocycles. The highest BCUT2D eigenvalue weighted by Crippen LogP contribution is 2.29. The van der Waals surface area contributed by atoms with E-state index >= 15 is 0 Å². The molecule has 5 aromatic rings. The van der Waals surface area contributed by atoms with E-state index in [4.69, 9.17) is 11.6 Å². The zero-order chi connectivity index (χ0) is 24.2. The van der Waals surface area contributed by atoms with E-state index in [1.54, 1.807) is 21.5 Å². The van der Waals surface area contributed by atoms with Crippen molar-refractivity contribution in [2.45, 2.75) is 32.9 Å². The molecule has 3 heterocycles. The van der Waals surface area contributed by atoms with Gasteiger partial charge in [0.05, 0.1) is 18.8 Å². The van der Waals surface area contributed by atoms with Crippen molar-refractivity contribution >= 4 is 11.6 Å². The summed E-state index contributed by atoms with van der Waals surface area (Å²) in [6.45, 7) is 2.98. The number of H-pyrrole nitrogens is 1. The maximum absolute atomic E-state index is 13.4. The third-order valence-electron chi connectivity index (χ3n) is 5.95. The molecule has 0 saturated carbocycles. The molecule has 0 saturated heterocycles. The summed E-state index contributed by atoms with van der Waals surface area (Å²) < 4.78 is 3.45. The fourth-order valence-electron chi connectivity index (χ4n) is 4.23. The number of halogens is 1. The van der Waals surface area contributed by atoms with Crippen molar-refractivity contribution in [3.63, 3.8) is 0 Å². The molecule has 0 spiro atoms. The number of nitrogens with zero attached hydrogens (tertiary/aromatic N) is 6. The van der Waals surface area contributed by atoms with Crippen LogP contribution in [0.4, 0.5) is 0 Å². The van der Waals surface area contributed by atoms with Gasteiger partial charge in [-0.25, -0.2) is 4.79 Å². The van der Waals surface area contributed by atoms with Gasteiger partial charge in [0, 0.05) is 18.0 Å². The van der Waals surface area contributed by atoms with Gasteiger partial charge >= 0.3 is 5.69 Å². The van der Waals surface area contributed by atoms with Gasteiger partial charge < -0.3 is 0 Å². The Morgan fingerprint density at radius 2 is 1.66 bits per heavy atom. The van der Waals surface area contributed by atoms with E-state index in [2.05, 4.69) is 32.5 Å². The average molecular weight is 486 g/mol. The normalized spacial score (nSPS) is 11.1. The molecule has 0 atom stereocenters. The summed E-state index contributed by atoms with van der Waals surface area (Å²) in [4.78, 5) is 17.6. The smallest absolute Gasteiger partial charge is 0.290 e. The van der Waals surface area contributed by atoms with Gasteiger partial charge in [0.1, 0.15) is 5.15 Å². The number of rotatable bonds is 8. The predicted molar refractivity (Wildman–Crippen MR) is 135 cm³/mol. The number of hydrogen-bond donors (Lipinski definition) is 1. The number of aromatic amines is 1. The van der Waals surface area contributed by atoms with Crippen LogP contribution in [0.2, 0.25) is 5.15 Å². The SMILES string of the molecule is CCCc1c(Cl)n(Cc2ccccc2)c(=O)n1Cc1ccc(-c2ccncc2-c2nn[nH]n2)cc1. The minimum atomic E-state index is -0.0973. The number of hydrogen-bond acceptors (Lipinski definition) is 5. The molecule has 0 aliphatic heterocycles. The van der Waals surface area contributed by atoms with Crippen LogP contribution < -0.4 is 5.69 Å². The minimum Gasteiger partial charge on any atom is -0.290 e. The van der Waals surface area contributed by atoms with Crippen molar-refractivity contribution in [1.29, 1.82) is 0 Å². The molecule has 2 aromatic carbocycles. The Bertz CT molecular complexity index is 1470. The van der Waals surface area contributed by atoms with E-state index in [9.17, 15) is 4.79 Å². The van der Waals surface area contributed by atoms with Crippen molar-refractivity contribution in [2.75, 3.05) is 0 Å². The fraction of sp³-hybridized carbons (Fsp3) is 0.192. The monoisotopic (exact) mass is 485 g/mol. The van der Waals surface area contributed by atoms with Crippen molar-refractivity contribution in [1.82, 2.24) is 34.7 Å². The first-order chi connectivity index (χ1) is 17.2. The molecule has 176 valence electrons. The highest BCUT2D eigenvalue weighted by molar-refractivity contribution is 6.30. The molecule has 0 unspecified atom stereocenters. The molecular weight excluding hydrogens is 462 g/mol. The van der Waals surface area contributed by atoms with Gasteiger partial charge in [-0.2, -0.15) is 5.21 Å². The summed E-state index contributed by atoms with van der Waals surface area (Å²) >= 11 is 6.72. The molecule has 35 heavy (non-hydrogen) atoms. The van der Waals surface area contributed by atoms with Crippen LogP contribution in [-0.2, 0) is 19.5 Å². The standard InChI is InChI=1S/C26H24ClN7O/c1-2-6-23-24(27)34(17-18-7-4-3-5-8-18)26(35)33(23)16-19-9-11-20(12-10-19)21-13-14-28-15-22(21)25-29-31-32-30-25/h3-5,7-15H,2,6,16-17H2,1H3,(H,29,30,31,32). The molecule has 0 radical (unpaired) electrons. The van der Waals surface area contributed by atoms with Crippen molar-refractivity contribution in [3.8, 4) is 22.5 Å². The molecule has 0 fully saturated rings. The number of benzene rings is 2. The van der Waals surface area contributed by atoms with E-state index < -0.39 is 0 Å². The maximum atomic E-state index is 13.4. The lowest BCUT2D eigenvalue weighted by Gasteiger charge is -2.09. The van der Waals surface area contributed by atoms with Crippen LogP contribution in [0.5, 0.6) is 0 Å². The Balaban J connectivity index is 1.45. The lowest BCUT2D eigenvalue weighted by atomic mass is 10.00. The van der Waals surface area contributed by atoms with Crippen molar-refractivity contribution in [3.05, 3.63) is 106 Å². The van der Waals surface area contributed by atoms with Gasteiger partial charge in [0.2, 0.25) is 5.82 Å². The summed E-state index contributed by atoms with van der Waals surface area (Å²) in [7, 11) is 0. The first-order valence-corrected chi connectivity index (χ1v) is 11.8. The topological polar surface area (TPSA) is 94.3 Å². The van der Waals surface area contributed by atoms with Crippen LogP contribution in [0.15, 0.2) is 77.9 Å². The minimum absolute atomic E-state index is 0.0973. The summed E-state index contributed by atoms with van der Waals surface area (Å²) in [5.74, 6) is 0.488. The number of tetrazole rings is 1. The summed E-state index contributed by atoms with van der Waals surface area (Å²) in [6, 6.07) is 19.9. The molecule has 0 bridgehead atoms. The zero-order valence-electron chi connectivity index (χ0n) is 19.2. The number of imidazole rings is 1. The highest BCUT2D eigenvalue weighted by atomic mass is 35.5. The van der Waals surface area contributed by atoms with Gasteiger partial charge in [0.15, 0.2) is 0 Å². The Morgan fingerprint density at radius 3 is 2.37 bits per heavy atom. The van der Waals surface area contributed by atoms with Crippen molar-refractivity contribution in [2.24, 2.45) is 0 Å². The van der Waals surface area contributed by atoms with Gasteiger partial charge in [-0.3, -0.25) is 14.1 Å². The Kier molecular flexibility index (Phi) is 6.54. The van der Waals surface area contributed by atoms with Crippen LogP contribution >= 0.6 is 11.6 Å². The number of aromatic nitrogens is 7. The molecule has 5 rings (SSSR count). The molecule has 0 aliphatic carbocycles. The van der Waals surface area contributed by atoms with E-state index in [0.29, 0.717) is 24.1 Å². The number of nitrogens with one attached hydrogen (secondary N) is 1. The van der Waals surface area contributed by atoms with E-state index in [0.717, 1.165) is 46.4 Å².